The van der Waals surface area contributed by atoms with Crippen molar-refractivity contribution in [3.05, 3.63) is 20.8 Å². The minimum absolute atomic E-state index is 0.112. The van der Waals surface area contributed by atoms with Gasteiger partial charge in [0.25, 0.3) is 5.56 Å². The summed E-state index contributed by atoms with van der Waals surface area (Å²) in [6, 6.07) is 0.112. The van der Waals surface area contributed by atoms with E-state index >= 15 is 0 Å². The standard InChI is InChI=1S/C11H20N4O2/c1-5-6(2)7(3)13-8-9(12)15(4)11(17)14-10(8)16/h6-7,13H,5,12H2,1-4H3,(H,14,16,17). The summed E-state index contributed by atoms with van der Waals surface area (Å²) >= 11 is 0. The number of nitrogens with zero attached hydrogens (tertiary/aromatic N) is 1. The maximum Gasteiger partial charge on any atom is 0.329 e. The molecule has 0 bridgehead atoms. The van der Waals surface area contributed by atoms with Gasteiger partial charge in [-0.1, -0.05) is 20.3 Å². The summed E-state index contributed by atoms with van der Waals surface area (Å²) in [4.78, 5) is 25.2. The molecule has 0 aliphatic heterocycles. The highest BCUT2D eigenvalue weighted by Gasteiger charge is 2.15. The molecule has 1 aromatic rings. The first-order valence-corrected chi connectivity index (χ1v) is 5.73. The van der Waals surface area contributed by atoms with Crippen LogP contribution in [0.5, 0.6) is 0 Å². The molecule has 2 unspecified atom stereocenters. The van der Waals surface area contributed by atoms with Crippen molar-refractivity contribution in [3.8, 4) is 0 Å². The molecule has 0 amide bonds. The van der Waals surface area contributed by atoms with Crippen LogP contribution in [0.25, 0.3) is 0 Å². The summed E-state index contributed by atoms with van der Waals surface area (Å²) in [5, 5.41) is 3.07. The van der Waals surface area contributed by atoms with E-state index in [1.165, 1.54) is 11.6 Å². The summed E-state index contributed by atoms with van der Waals surface area (Å²) in [5.74, 6) is 0.569. The molecule has 0 fully saturated rings. The normalized spacial score (nSPS) is 14.4. The number of hydrogen-bond acceptors (Lipinski definition) is 4. The van der Waals surface area contributed by atoms with E-state index in [4.69, 9.17) is 5.73 Å². The van der Waals surface area contributed by atoms with Gasteiger partial charge in [0.15, 0.2) is 0 Å². The van der Waals surface area contributed by atoms with Crippen LogP contribution < -0.4 is 22.3 Å². The first-order chi connectivity index (χ1) is 7.88. The number of nitrogens with two attached hydrogens (primary N) is 1. The molecule has 17 heavy (non-hydrogen) atoms. The van der Waals surface area contributed by atoms with Crippen molar-refractivity contribution >= 4 is 11.5 Å². The highest BCUT2D eigenvalue weighted by atomic mass is 16.2. The van der Waals surface area contributed by atoms with Crippen LogP contribution in [0.3, 0.4) is 0 Å². The molecule has 0 aliphatic carbocycles. The highest BCUT2D eigenvalue weighted by molar-refractivity contribution is 5.60. The number of H-pyrrole nitrogens is 1. The van der Waals surface area contributed by atoms with Crippen LogP contribution >= 0.6 is 0 Å². The predicted octanol–water partition coefficient (Wildman–Crippen LogP) is 0.502. The highest BCUT2D eigenvalue weighted by Crippen LogP contribution is 2.15. The minimum Gasteiger partial charge on any atom is -0.383 e. The molecule has 1 aromatic heterocycles. The van der Waals surface area contributed by atoms with Gasteiger partial charge in [0.2, 0.25) is 0 Å². The Balaban J connectivity index is 3.12. The third-order valence-electron chi connectivity index (χ3n) is 3.24. The van der Waals surface area contributed by atoms with Crippen LogP contribution in [0.4, 0.5) is 11.5 Å². The van der Waals surface area contributed by atoms with Crippen LogP contribution in [0.2, 0.25) is 0 Å². The molecular weight excluding hydrogens is 220 g/mol. The van der Waals surface area contributed by atoms with E-state index in [1.54, 1.807) is 0 Å². The Hall–Kier alpha value is -1.72. The Bertz CT molecular complexity index is 503. The summed E-state index contributed by atoms with van der Waals surface area (Å²) in [6.07, 6.45) is 0.998. The quantitative estimate of drug-likeness (QED) is 0.714. The summed E-state index contributed by atoms with van der Waals surface area (Å²) in [7, 11) is 1.52. The van der Waals surface area contributed by atoms with Crippen molar-refractivity contribution < 1.29 is 0 Å². The lowest BCUT2D eigenvalue weighted by molar-refractivity contribution is 0.494. The molecule has 0 aromatic carbocycles. The summed E-state index contributed by atoms with van der Waals surface area (Å²) in [5.41, 5.74) is 5.04. The van der Waals surface area contributed by atoms with E-state index < -0.39 is 11.2 Å². The average molecular weight is 240 g/mol. The molecule has 0 aliphatic rings. The van der Waals surface area contributed by atoms with Crippen molar-refractivity contribution in [1.82, 2.24) is 9.55 Å². The van der Waals surface area contributed by atoms with Gasteiger partial charge in [-0.15, -0.1) is 0 Å². The Morgan fingerprint density at radius 3 is 2.53 bits per heavy atom. The van der Waals surface area contributed by atoms with Crippen molar-refractivity contribution in [1.29, 1.82) is 0 Å². The summed E-state index contributed by atoms with van der Waals surface area (Å²) < 4.78 is 1.22. The van der Waals surface area contributed by atoms with Crippen molar-refractivity contribution in [2.75, 3.05) is 11.1 Å². The zero-order valence-electron chi connectivity index (χ0n) is 10.7. The van der Waals surface area contributed by atoms with Crippen LogP contribution in [-0.4, -0.2) is 15.6 Å². The second kappa shape index (κ2) is 5.07. The maximum absolute atomic E-state index is 11.6. The van der Waals surface area contributed by atoms with Crippen LogP contribution in [0.1, 0.15) is 27.2 Å². The number of rotatable bonds is 4. The van der Waals surface area contributed by atoms with Crippen molar-refractivity contribution in [3.63, 3.8) is 0 Å². The van der Waals surface area contributed by atoms with Gasteiger partial charge in [-0.3, -0.25) is 14.3 Å². The molecule has 4 N–H and O–H groups in total. The second-order valence-corrected chi connectivity index (χ2v) is 4.40. The van der Waals surface area contributed by atoms with Gasteiger partial charge in [0, 0.05) is 13.1 Å². The SMILES string of the molecule is CCC(C)C(C)Nc1c(N)n(C)c(=O)[nH]c1=O. The molecule has 0 spiro atoms. The zero-order valence-corrected chi connectivity index (χ0v) is 10.7. The third kappa shape index (κ3) is 2.69. The molecule has 6 heteroatoms. The number of nitrogens with one attached hydrogen (secondary N) is 2. The molecule has 0 saturated carbocycles. The number of anilines is 2. The summed E-state index contributed by atoms with van der Waals surface area (Å²) in [6.45, 7) is 6.15. The molecule has 0 saturated heterocycles. The van der Waals surface area contributed by atoms with E-state index in [9.17, 15) is 9.59 Å². The topological polar surface area (TPSA) is 92.9 Å². The van der Waals surface area contributed by atoms with Gasteiger partial charge < -0.3 is 11.1 Å². The molecule has 6 nitrogen and oxygen atoms in total. The fraction of sp³-hybridized carbons (Fsp3) is 0.636. The van der Waals surface area contributed by atoms with Gasteiger partial charge in [-0.2, -0.15) is 0 Å². The Morgan fingerprint density at radius 1 is 1.41 bits per heavy atom. The molecule has 1 heterocycles. The largest absolute Gasteiger partial charge is 0.383 e. The fourth-order valence-electron chi connectivity index (χ4n) is 1.50. The Labute approximate surface area is 99.8 Å². The van der Waals surface area contributed by atoms with Crippen molar-refractivity contribution in [2.24, 2.45) is 13.0 Å². The van der Waals surface area contributed by atoms with Gasteiger partial charge in [0.05, 0.1) is 0 Å². The third-order valence-corrected chi connectivity index (χ3v) is 3.24. The van der Waals surface area contributed by atoms with Gasteiger partial charge in [-0.25, -0.2) is 4.79 Å². The van der Waals surface area contributed by atoms with Crippen LogP contribution in [0, 0.1) is 5.92 Å². The lowest BCUT2D eigenvalue weighted by Gasteiger charge is -2.21. The monoisotopic (exact) mass is 240 g/mol. The average Bonchev–Trinajstić information content (AvgIpc) is 2.30. The molecule has 2 atom stereocenters. The van der Waals surface area contributed by atoms with Gasteiger partial charge in [-0.05, 0) is 12.8 Å². The maximum atomic E-state index is 11.6. The van der Waals surface area contributed by atoms with E-state index in [0.717, 1.165) is 6.42 Å². The smallest absolute Gasteiger partial charge is 0.329 e. The lowest BCUT2D eigenvalue weighted by Crippen LogP contribution is -2.35. The molecule has 0 radical (unpaired) electrons. The Morgan fingerprint density at radius 2 is 2.00 bits per heavy atom. The van der Waals surface area contributed by atoms with E-state index in [-0.39, 0.29) is 17.5 Å². The molecule has 1 rings (SSSR count). The number of nitrogen functional groups attached to an aromatic ring is 1. The van der Waals surface area contributed by atoms with E-state index in [1.807, 2.05) is 6.92 Å². The predicted molar refractivity (Wildman–Crippen MR) is 69.3 cm³/mol. The molecule has 96 valence electrons. The fourth-order valence-corrected chi connectivity index (χ4v) is 1.50. The van der Waals surface area contributed by atoms with Crippen LogP contribution in [-0.2, 0) is 7.05 Å². The lowest BCUT2D eigenvalue weighted by atomic mass is 10.0. The molecular formula is C11H20N4O2. The number of hydrogen-bond donors (Lipinski definition) is 3. The van der Waals surface area contributed by atoms with Gasteiger partial charge >= 0.3 is 5.69 Å². The van der Waals surface area contributed by atoms with E-state index in [2.05, 4.69) is 24.1 Å². The first-order valence-electron chi connectivity index (χ1n) is 5.73. The van der Waals surface area contributed by atoms with Crippen LogP contribution in [0.15, 0.2) is 9.59 Å². The van der Waals surface area contributed by atoms with Gasteiger partial charge in [0.1, 0.15) is 11.5 Å². The Kier molecular flexibility index (Phi) is 3.98. The van der Waals surface area contributed by atoms with E-state index in [0.29, 0.717) is 5.92 Å². The number of aromatic nitrogens is 2. The first kappa shape index (κ1) is 13.3. The minimum atomic E-state index is -0.505. The number of aromatic amines is 1. The van der Waals surface area contributed by atoms with Crippen molar-refractivity contribution in [2.45, 2.75) is 33.2 Å². The zero-order chi connectivity index (χ0) is 13.2. The second-order valence-electron chi connectivity index (χ2n) is 4.40.